The van der Waals surface area contributed by atoms with Gasteiger partial charge in [-0.15, -0.1) is 0 Å². The molecule has 0 spiro atoms. The number of hydrogen-bond acceptors (Lipinski definition) is 3. The second kappa shape index (κ2) is 8.34. The molecule has 0 bridgehead atoms. The molecule has 0 aromatic heterocycles. The molecule has 1 aliphatic carbocycles. The van der Waals surface area contributed by atoms with Gasteiger partial charge in [0.2, 0.25) is 5.91 Å². The number of benzene rings is 1. The average Bonchev–Trinajstić information content (AvgIpc) is 2.59. The van der Waals surface area contributed by atoms with E-state index in [1.54, 1.807) is 24.3 Å². The maximum absolute atomic E-state index is 12.5. The standard InChI is InChI=1S/C20H28N2O4/c1-20(2,3)15-8-4-14(5-9-15)19(26)22-16-10-6-13(7-11-16)18(25)21-12-17(23)24/h6-7,10-11,14-15H,4-5,8-9,12H2,1-3H3,(H,21,25)(H,22,26)(H,23,24). The molecule has 0 radical (unpaired) electrons. The summed E-state index contributed by atoms with van der Waals surface area (Å²) < 4.78 is 0. The van der Waals surface area contributed by atoms with Gasteiger partial charge in [0, 0.05) is 17.2 Å². The fraction of sp³-hybridized carbons (Fsp3) is 0.550. The molecular formula is C20H28N2O4. The third-order valence-corrected chi connectivity index (χ3v) is 5.14. The Morgan fingerprint density at radius 1 is 1.04 bits per heavy atom. The van der Waals surface area contributed by atoms with E-state index in [0.717, 1.165) is 25.7 Å². The van der Waals surface area contributed by atoms with Crippen LogP contribution in [0.1, 0.15) is 56.8 Å². The summed E-state index contributed by atoms with van der Waals surface area (Å²) in [5.74, 6) is -0.822. The molecule has 2 amide bonds. The summed E-state index contributed by atoms with van der Waals surface area (Å²) in [6, 6.07) is 6.47. The number of hydrogen-bond donors (Lipinski definition) is 3. The SMILES string of the molecule is CC(C)(C)C1CCC(C(=O)Nc2ccc(C(=O)NCC(=O)O)cc2)CC1. The summed E-state index contributed by atoms with van der Waals surface area (Å²) in [5, 5.41) is 13.8. The number of anilines is 1. The highest BCUT2D eigenvalue weighted by Crippen LogP contribution is 2.40. The average molecular weight is 360 g/mol. The molecule has 1 aromatic carbocycles. The molecule has 0 atom stereocenters. The van der Waals surface area contributed by atoms with E-state index in [9.17, 15) is 14.4 Å². The molecule has 3 N–H and O–H groups in total. The lowest BCUT2D eigenvalue weighted by atomic mass is 9.69. The number of carboxylic acids is 1. The number of carboxylic acid groups (broad SMARTS) is 1. The van der Waals surface area contributed by atoms with Gasteiger partial charge in [-0.2, -0.15) is 0 Å². The predicted octanol–water partition coefficient (Wildman–Crippen LogP) is 3.29. The fourth-order valence-corrected chi connectivity index (χ4v) is 3.43. The Balaban J connectivity index is 1.86. The second-order valence-corrected chi connectivity index (χ2v) is 8.06. The Morgan fingerprint density at radius 3 is 2.12 bits per heavy atom. The van der Waals surface area contributed by atoms with Gasteiger partial charge >= 0.3 is 5.97 Å². The van der Waals surface area contributed by atoms with Gasteiger partial charge in [0.25, 0.3) is 5.91 Å². The van der Waals surface area contributed by atoms with Crippen LogP contribution in [0.2, 0.25) is 0 Å². The highest BCUT2D eigenvalue weighted by atomic mass is 16.4. The molecule has 0 aliphatic heterocycles. The van der Waals surface area contributed by atoms with E-state index >= 15 is 0 Å². The van der Waals surface area contributed by atoms with Crippen molar-refractivity contribution < 1.29 is 19.5 Å². The smallest absolute Gasteiger partial charge is 0.322 e. The first kappa shape index (κ1) is 19.9. The van der Waals surface area contributed by atoms with Crippen molar-refractivity contribution in [2.45, 2.75) is 46.5 Å². The van der Waals surface area contributed by atoms with Crippen LogP contribution in [0.25, 0.3) is 0 Å². The first-order chi connectivity index (χ1) is 12.2. The first-order valence-electron chi connectivity index (χ1n) is 9.07. The Bertz CT molecular complexity index is 653. The lowest BCUT2D eigenvalue weighted by molar-refractivity contribution is -0.135. The van der Waals surface area contributed by atoms with Gasteiger partial charge in [0.1, 0.15) is 6.54 Å². The molecule has 1 aromatic rings. The van der Waals surface area contributed by atoms with E-state index in [2.05, 4.69) is 31.4 Å². The van der Waals surface area contributed by atoms with E-state index in [4.69, 9.17) is 5.11 Å². The van der Waals surface area contributed by atoms with Gasteiger partial charge < -0.3 is 15.7 Å². The Hall–Kier alpha value is -2.37. The molecule has 26 heavy (non-hydrogen) atoms. The van der Waals surface area contributed by atoms with E-state index in [1.807, 2.05) is 0 Å². The molecule has 2 rings (SSSR count). The van der Waals surface area contributed by atoms with Gasteiger partial charge in [-0.25, -0.2) is 0 Å². The van der Waals surface area contributed by atoms with Crippen LogP contribution in [0.5, 0.6) is 0 Å². The van der Waals surface area contributed by atoms with Crippen LogP contribution in [-0.4, -0.2) is 29.4 Å². The van der Waals surface area contributed by atoms with Crippen LogP contribution in [0.4, 0.5) is 5.69 Å². The van der Waals surface area contributed by atoms with Crippen molar-refractivity contribution >= 4 is 23.5 Å². The molecular weight excluding hydrogens is 332 g/mol. The van der Waals surface area contributed by atoms with Crippen molar-refractivity contribution in [3.63, 3.8) is 0 Å². The number of rotatable bonds is 5. The topological polar surface area (TPSA) is 95.5 Å². The summed E-state index contributed by atoms with van der Waals surface area (Å²) >= 11 is 0. The minimum atomic E-state index is -1.09. The lowest BCUT2D eigenvalue weighted by Gasteiger charge is -2.36. The number of carbonyl (C=O) groups is 3. The summed E-state index contributed by atoms with van der Waals surface area (Å²) in [6.45, 7) is 6.35. The largest absolute Gasteiger partial charge is 0.480 e. The summed E-state index contributed by atoms with van der Waals surface area (Å²) in [7, 11) is 0. The highest BCUT2D eigenvalue weighted by Gasteiger charge is 2.32. The monoisotopic (exact) mass is 360 g/mol. The van der Waals surface area contributed by atoms with Gasteiger partial charge in [0.15, 0.2) is 0 Å². The van der Waals surface area contributed by atoms with E-state index in [1.165, 1.54) is 0 Å². The number of aliphatic carboxylic acids is 1. The van der Waals surface area contributed by atoms with Crippen LogP contribution >= 0.6 is 0 Å². The van der Waals surface area contributed by atoms with Gasteiger partial charge in [-0.05, 0) is 61.3 Å². The maximum Gasteiger partial charge on any atom is 0.322 e. The van der Waals surface area contributed by atoms with Crippen molar-refractivity contribution in [3.8, 4) is 0 Å². The zero-order chi connectivity index (χ0) is 19.3. The minimum Gasteiger partial charge on any atom is -0.480 e. The fourth-order valence-electron chi connectivity index (χ4n) is 3.43. The zero-order valence-electron chi connectivity index (χ0n) is 15.7. The molecule has 1 fully saturated rings. The Morgan fingerprint density at radius 2 is 1.62 bits per heavy atom. The molecule has 6 heteroatoms. The molecule has 6 nitrogen and oxygen atoms in total. The molecule has 142 valence electrons. The molecule has 1 aliphatic rings. The minimum absolute atomic E-state index is 0.0282. The van der Waals surface area contributed by atoms with Gasteiger partial charge in [-0.3, -0.25) is 14.4 Å². The first-order valence-corrected chi connectivity index (χ1v) is 9.07. The quantitative estimate of drug-likeness (QED) is 0.751. The van der Waals surface area contributed by atoms with Crippen molar-refractivity contribution in [1.82, 2.24) is 5.32 Å². The number of carbonyl (C=O) groups excluding carboxylic acids is 2. The van der Waals surface area contributed by atoms with E-state index in [-0.39, 0.29) is 11.8 Å². The van der Waals surface area contributed by atoms with Crippen molar-refractivity contribution in [2.75, 3.05) is 11.9 Å². The highest BCUT2D eigenvalue weighted by molar-refractivity contribution is 5.97. The molecule has 0 unspecified atom stereocenters. The van der Waals surface area contributed by atoms with E-state index < -0.39 is 18.4 Å². The summed E-state index contributed by atoms with van der Waals surface area (Å²) in [5.41, 5.74) is 1.29. The van der Waals surface area contributed by atoms with Crippen LogP contribution < -0.4 is 10.6 Å². The summed E-state index contributed by atoms with van der Waals surface area (Å²) in [6.07, 6.45) is 3.96. The van der Waals surface area contributed by atoms with Crippen molar-refractivity contribution in [1.29, 1.82) is 0 Å². The molecule has 1 saturated carbocycles. The van der Waals surface area contributed by atoms with Gasteiger partial charge in [0.05, 0.1) is 0 Å². The van der Waals surface area contributed by atoms with Crippen LogP contribution in [0, 0.1) is 17.3 Å². The Kier molecular flexibility index (Phi) is 6.40. The van der Waals surface area contributed by atoms with Crippen molar-refractivity contribution in [2.24, 2.45) is 17.3 Å². The molecule has 0 saturated heterocycles. The van der Waals surface area contributed by atoms with Crippen LogP contribution in [-0.2, 0) is 9.59 Å². The van der Waals surface area contributed by atoms with Crippen LogP contribution in [0.3, 0.4) is 0 Å². The zero-order valence-corrected chi connectivity index (χ0v) is 15.7. The number of amides is 2. The Labute approximate surface area is 154 Å². The summed E-state index contributed by atoms with van der Waals surface area (Å²) in [4.78, 5) is 34.7. The van der Waals surface area contributed by atoms with E-state index in [0.29, 0.717) is 22.6 Å². The second-order valence-electron chi connectivity index (χ2n) is 8.06. The number of nitrogens with one attached hydrogen (secondary N) is 2. The molecule has 0 heterocycles. The third kappa shape index (κ3) is 5.58. The van der Waals surface area contributed by atoms with Crippen LogP contribution in [0.15, 0.2) is 24.3 Å². The third-order valence-electron chi connectivity index (χ3n) is 5.14. The lowest BCUT2D eigenvalue weighted by Crippen LogP contribution is -2.31. The van der Waals surface area contributed by atoms with Gasteiger partial charge in [-0.1, -0.05) is 20.8 Å². The van der Waals surface area contributed by atoms with Crippen molar-refractivity contribution in [3.05, 3.63) is 29.8 Å². The maximum atomic E-state index is 12.5. The predicted molar refractivity (Wildman–Crippen MR) is 99.9 cm³/mol. The normalized spacial score (nSPS) is 20.3.